The van der Waals surface area contributed by atoms with E-state index in [2.05, 4.69) is 4.72 Å². The summed E-state index contributed by atoms with van der Waals surface area (Å²) < 4.78 is 59.1. The Morgan fingerprint density at radius 1 is 1.16 bits per heavy atom. The predicted molar refractivity (Wildman–Crippen MR) is 91.4 cm³/mol. The number of hydrogen-bond acceptors (Lipinski definition) is 4. The molecule has 148 valence electrons. The highest BCUT2D eigenvalue weighted by molar-refractivity contribution is 7.90. The van der Waals surface area contributed by atoms with Crippen molar-refractivity contribution in [3.05, 3.63) is 0 Å². The third-order valence-electron chi connectivity index (χ3n) is 3.81. The Morgan fingerprint density at radius 2 is 1.64 bits per heavy atom. The summed E-state index contributed by atoms with van der Waals surface area (Å²) in [5.74, 6) is -0.731. The molecule has 1 saturated heterocycles. The molecule has 0 aromatic rings. The van der Waals surface area contributed by atoms with Crippen LogP contribution >= 0.6 is 0 Å². The van der Waals surface area contributed by atoms with Crippen LogP contribution in [0.3, 0.4) is 0 Å². The van der Waals surface area contributed by atoms with Crippen molar-refractivity contribution in [2.75, 3.05) is 13.1 Å². The normalized spacial score (nSPS) is 20.3. The molecule has 1 amide bonds. The summed E-state index contributed by atoms with van der Waals surface area (Å²) in [6.07, 6.45) is -4.66. The van der Waals surface area contributed by atoms with Crippen LogP contribution < -0.4 is 4.72 Å². The Balaban J connectivity index is 2.71. The van der Waals surface area contributed by atoms with Crippen LogP contribution in [0.15, 0.2) is 0 Å². The highest BCUT2D eigenvalue weighted by atomic mass is 32.2. The van der Waals surface area contributed by atoms with E-state index in [9.17, 15) is 22.5 Å². The fraction of sp³-hybridized carbons (Fsp3) is 0.938. The molecular weight excluding hydrogens is 357 g/mol. The third-order valence-corrected chi connectivity index (χ3v) is 5.39. The summed E-state index contributed by atoms with van der Waals surface area (Å²) >= 11 is -1.82. The number of piperidine rings is 1. The first-order valence-electron chi connectivity index (χ1n) is 8.34. The first kappa shape index (κ1) is 22.4. The average molecular weight is 386 g/mol. The van der Waals surface area contributed by atoms with Gasteiger partial charge >= 0.3 is 12.3 Å². The minimum Gasteiger partial charge on any atom is -0.598 e. The van der Waals surface area contributed by atoms with Crippen LogP contribution in [0.5, 0.6) is 0 Å². The van der Waals surface area contributed by atoms with Crippen LogP contribution in [0.25, 0.3) is 0 Å². The second-order valence-corrected chi connectivity index (χ2v) is 10.3. The molecule has 5 nitrogen and oxygen atoms in total. The van der Waals surface area contributed by atoms with E-state index in [4.69, 9.17) is 4.74 Å². The van der Waals surface area contributed by atoms with Gasteiger partial charge < -0.3 is 14.2 Å². The van der Waals surface area contributed by atoms with Crippen molar-refractivity contribution in [2.45, 2.75) is 77.0 Å². The molecule has 1 rings (SSSR count). The summed E-state index contributed by atoms with van der Waals surface area (Å²) in [6, 6.07) is -1.85. The fourth-order valence-corrected chi connectivity index (χ4v) is 3.37. The topological polar surface area (TPSA) is 64.6 Å². The van der Waals surface area contributed by atoms with Crippen LogP contribution in [-0.2, 0) is 16.1 Å². The second-order valence-electron chi connectivity index (χ2n) is 8.32. The molecule has 0 aliphatic carbocycles. The number of rotatable bonds is 3. The van der Waals surface area contributed by atoms with Gasteiger partial charge in [0.05, 0.1) is 0 Å². The summed E-state index contributed by atoms with van der Waals surface area (Å²) in [5.41, 5.74) is -0.645. The van der Waals surface area contributed by atoms with Crippen LogP contribution in [0.4, 0.5) is 18.0 Å². The molecular formula is C16H29F3N2O3S. The van der Waals surface area contributed by atoms with Crippen molar-refractivity contribution in [3.8, 4) is 0 Å². The van der Waals surface area contributed by atoms with Gasteiger partial charge in [-0.25, -0.2) is 4.79 Å². The van der Waals surface area contributed by atoms with E-state index >= 15 is 0 Å². The zero-order valence-corrected chi connectivity index (χ0v) is 16.5. The summed E-state index contributed by atoms with van der Waals surface area (Å²) in [6.45, 7) is 10.5. The molecule has 0 spiro atoms. The Hall–Kier alpha value is -0.670. The van der Waals surface area contributed by atoms with Crippen LogP contribution in [0.2, 0.25) is 0 Å². The van der Waals surface area contributed by atoms with Crippen LogP contribution in [0.1, 0.15) is 54.4 Å². The lowest BCUT2D eigenvalue weighted by Gasteiger charge is -2.38. The molecule has 1 aliphatic heterocycles. The molecule has 2 atom stereocenters. The fourth-order valence-electron chi connectivity index (χ4n) is 2.46. The Bertz CT molecular complexity index is 453. The maximum atomic E-state index is 13.4. The van der Waals surface area contributed by atoms with Crippen LogP contribution in [0, 0.1) is 5.92 Å². The SMILES string of the molecule is CC(C)(C)OC(=O)N1CCC([C@@H](N[S@@+]([O-])C(C)(C)C)C(F)(F)F)CC1. The van der Waals surface area contributed by atoms with E-state index in [0.717, 1.165) is 0 Å². The molecule has 9 heteroatoms. The summed E-state index contributed by atoms with van der Waals surface area (Å²) in [5, 5.41) is 0. The lowest BCUT2D eigenvalue weighted by molar-refractivity contribution is -0.166. The zero-order valence-electron chi connectivity index (χ0n) is 15.7. The van der Waals surface area contributed by atoms with Crippen molar-refractivity contribution in [2.24, 2.45) is 5.92 Å². The van der Waals surface area contributed by atoms with Crippen LogP contribution in [-0.4, -0.2) is 51.2 Å². The van der Waals surface area contributed by atoms with Gasteiger partial charge in [-0.1, -0.05) is 0 Å². The van der Waals surface area contributed by atoms with Crippen molar-refractivity contribution >= 4 is 17.5 Å². The molecule has 1 fully saturated rings. The Morgan fingerprint density at radius 3 is 2.00 bits per heavy atom. The van der Waals surface area contributed by atoms with Gasteiger partial charge in [-0.05, 0) is 60.3 Å². The van der Waals surface area contributed by atoms with E-state index in [0.29, 0.717) is 0 Å². The number of amides is 1. The molecule has 0 aromatic carbocycles. The van der Waals surface area contributed by atoms with Gasteiger partial charge in [-0.2, -0.15) is 13.2 Å². The number of alkyl halides is 3. The van der Waals surface area contributed by atoms with E-state index in [-0.39, 0.29) is 25.9 Å². The van der Waals surface area contributed by atoms with E-state index in [1.54, 1.807) is 41.5 Å². The Labute approximate surface area is 151 Å². The largest absolute Gasteiger partial charge is 0.598 e. The average Bonchev–Trinajstić information content (AvgIpc) is 2.40. The first-order chi connectivity index (χ1) is 11.1. The van der Waals surface area contributed by atoms with E-state index in [1.165, 1.54) is 4.90 Å². The minimum atomic E-state index is -4.50. The molecule has 1 aliphatic rings. The highest BCUT2D eigenvalue weighted by Gasteiger charge is 2.49. The molecule has 0 unspecified atom stereocenters. The Kier molecular flexibility index (Phi) is 7.09. The highest BCUT2D eigenvalue weighted by Crippen LogP contribution is 2.33. The van der Waals surface area contributed by atoms with Gasteiger partial charge in [0, 0.05) is 24.5 Å². The number of likely N-dealkylation sites (tertiary alicyclic amines) is 1. The number of nitrogens with one attached hydrogen (secondary N) is 1. The lowest BCUT2D eigenvalue weighted by atomic mass is 9.89. The maximum Gasteiger partial charge on any atom is 0.410 e. The van der Waals surface area contributed by atoms with Gasteiger partial charge in [0.15, 0.2) is 6.04 Å². The molecule has 0 aromatic heterocycles. The van der Waals surface area contributed by atoms with E-state index in [1.807, 2.05) is 0 Å². The summed E-state index contributed by atoms with van der Waals surface area (Å²) in [4.78, 5) is 13.4. The predicted octanol–water partition coefficient (Wildman–Crippen LogP) is 3.62. The third kappa shape index (κ3) is 7.22. The maximum absolute atomic E-state index is 13.4. The standard InChI is InChI=1S/C16H29F3N2O3S/c1-14(2,3)24-13(22)21-9-7-11(8-10-21)12(16(17,18)19)20-25(23)15(4,5)6/h11-12,20H,7-10H2,1-6H3/t12-,25+/m1/s1. The molecule has 1 heterocycles. The van der Waals surface area contributed by atoms with Crippen molar-refractivity contribution < 1.29 is 27.3 Å². The monoisotopic (exact) mass is 386 g/mol. The number of ether oxygens (including phenoxy) is 1. The number of nitrogens with zero attached hydrogens (tertiary/aromatic N) is 1. The quantitative estimate of drug-likeness (QED) is 0.753. The van der Waals surface area contributed by atoms with Gasteiger partial charge in [0.25, 0.3) is 0 Å². The first-order valence-corrected chi connectivity index (χ1v) is 9.49. The molecule has 0 radical (unpaired) electrons. The summed E-state index contributed by atoms with van der Waals surface area (Å²) in [7, 11) is 0. The lowest BCUT2D eigenvalue weighted by Crippen LogP contribution is -2.56. The molecule has 25 heavy (non-hydrogen) atoms. The van der Waals surface area contributed by atoms with Gasteiger partial charge in [0.1, 0.15) is 10.3 Å². The smallest absolute Gasteiger partial charge is 0.410 e. The number of carbonyl (C=O) groups excluding carboxylic acids is 1. The van der Waals surface area contributed by atoms with E-state index < -0.39 is 45.9 Å². The van der Waals surface area contributed by atoms with Gasteiger partial charge in [0.2, 0.25) is 0 Å². The van der Waals surface area contributed by atoms with Gasteiger partial charge in [-0.15, -0.1) is 4.72 Å². The second kappa shape index (κ2) is 7.92. The molecule has 0 saturated carbocycles. The van der Waals surface area contributed by atoms with Crippen molar-refractivity contribution in [3.63, 3.8) is 0 Å². The number of carbonyl (C=O) groups is 1. The van der Waals surface area contributed by atoms with Gasteiger partial charge in [-0.3, -0.25) is 0 Å². The number of halogens is 3. The molecule has 1 N–H and O–H groups in total. The van der Waals surface area contributed by atoms with Crippen molar-refractivity contribution in [1.82, 2.24) is 9.62 Å². The number of hydrogen-bond donors (Lipinski definition) is 1. The molecule has 0 bridgehead atoms. The minimum absolute atomic E-state index is 0.178. The zero-order chi connectivity index (χ0) is 19.6. The van der Waals surface area contributed by atoms with Crippen molar-refractivity contribution in [1.29, 1.82) is 0 Å².